The number of carbonyl (C=O) groups is 1. The first-order valence-electron chi connectivity index (χ1n) is 6.64. The molecule has 2 heterocycles. The quantitative estimate of drug-likeness (QED) is 0.903. The van der Waals surface area contributed by atoms with Crippen LogP contribution in [-0.4, -0.2) is 31.2 Å². The number of fused-ring (bicyclic) bond motifs is 1. The normalized spacial score (nSPS) is 25.7. The number of ether oxygens (including phenoxy) is 1. The second-order valence-electron chi connectivity index (χ2n) is 5.07. The summed E-state index contributed by atoms with van der Waals surface area (Å²) in [6.45, 7) is 1.24. The van der Waals surface area contributed by atoms with Crippen LogP contribution in [0.5, 0.6) is 0 Å². The number of benzene rings is 1. The molecule has 0 unspecified atom stereocenters. The predicted molar refractivity (Wildman–Crippen MR) is 77.1 cm³/mol. The van der Waals surface area contributed by atoms with Crippen LogP contribution in [0.2, 0.25) is 0 Å². The smallest absolute Gasteiger partial charge is 0.256 e. The van der Waals surface area contributed by atoms with Crippen molar-refractivity contribution in [2.45, 2.75) is 31.5 Å². The molecule has 0 radical (unpaired) electrons. The Bertz CT molecular complexity index is 506. The maximum Gasteiger partial charge on any atom is 0.256 e. The Kier molecular flexibility index (Phi) is 3.60. The highest BCUT2D eigenvalue weighted by Gasteiger charge is 2.35. The van der Waals surface area contributed by atoms with Crippen molar-refractivity contribution < 1.29 is 9.53 Å². The number of carbonyl (C=O) groups excluding carboxylic acids is 1. The van der Waals surface area contributed by atoms with Crippen LogP contribution in [0.15, 0.2) is 22.7 Å². The van der Waals surface area contributed by atoms with Crippen molar-refractivity contribution in [2.24, 2.45) is 5.73 Å². The van der Waals surface area contributed by atoms with Gasteiger partial charge in [0.25, 0.3) is 5.91 Å². The van der Waals surface area contributed by atoms with Gasteiger partial charge in [0.2, 0.25) is 0 Å². The van der Waals surface area contributed by atoms with E-state index in [1.165, 1.54) is 5.56 Å². The van der Waals surface area contributed by atoms with Gasteiger partial charge in [-0.25, -0.2) is 0 Å². The molecule has 4 nitrogen and oxygen atoms in total. The van der Waals surface area contributed by atoms with E-state index in [1.807, 2.05) is 17.0 Å². The van der Waals surface area contributed by atoms with Crippen LogP contribution in [0.4, 0.5) is 5.69 Å². The zero-order valence-electron chi connectivity index (χ0n) is 10.6. The van der Waals surface area contributed by atoms with E-state index >= 15 is 0 Å². The largest absolute Gasteiger partial charge is 0.364 e. The Morgan fingerprint density at radius 1 is 1.47 bits per heavy atom. The molecule has 3 rings (SSSR count). The topological polar surface area (TPSA) is 55.6 Å². The van der Waals surface area contributed by atoms with E-state index in [0.29, 0.717) is 6.54 Å². The summed E-state index contributed by atoms with van der Waals surface area (Å²) in [6.07, 6.45) is 2.30. The molecule has 0 aromatic heterocycles. The van der Waals surface area contributed by atoms with E-state index in [1.54, 1.807) is 0 Å². The fourth-order valence-corrected chi connectivity index (χ4v) is 3.16. The number of hydrogen-bond donors (Lipinski definition) is 1. The second kappa shape index (κ2) is 5.23. The van der Waals surface area contributed by atoms with Gasteiger partial charge >= 0.3 is 0 Å². The standard InChI is InChI=1S/C14H17BrN2O2/c15-10-2-1-9-5-6-17(12(9)7-10)14(18)13-4-3-11(8-16)19-13/h1-2,7,11,13H,3-6,8,16H2/t11-,13+/m1/s1. The molecule has 1 aromatic rings. The molecule has 2 aliphatic heterocycles. The number of anilines is 1. The van der Waals surface area contributed by atoms with E-state index in [2.05, 4.69) is 22.0 Å². The van der Waals surface area contributed by atoms with E-state index in [9.17, 15) is 4.79 Å². The van der Waals surface area contributed by atoms with Gasteiger partial charge in [-0.2, -0.15) is 0 Å². The third-order valence-corrected chi connectivity index (χ3v) is 4.35. The molecule has 0 bridgehead atoms. The predicted octanol–water partition coefficient (Wildman–Crippen LogP) is 1.84. The number of hydrogen-bond acceptors (Lipinski definition) is 3. The van der Waals surface area contributed by atoms with Gasteiger partial charge in [0.1, 0.15) is 6.10 Å². The zero-order valence-corrected chi connectivity index (χ0v) is 12.2. The summed E-state index contributed by atoms with van der Waals surface area (Å²) in [5.41, 5.74) is 7.83. The molecule has 2 N–H and O–H groups in total. The Hall–Kier alpha value is -0.910. The summed E-state index contributed by atoms with van der Waals surface area (Å²) in [6, 6.07) is 6.10. The summed E-state index contributed by atoms with van der Waals surface area (Å²) in [5, 5.41) is 0. The fraction of sp³-hybridized carbons (Fsp3) is 0.500. The average Bonchev–Trinajstić information content (AvgIpc) is 3.04. The SMILES string of the molecule is NC[C@H]1CC[C@@H](C(=O)N2CCc3ccc(Br)cc32)O1. The fourth-order valence-electron chi connectivity index (χ4n) is 2.82. The Morgan fingerprint density at radius 3 is 3.05 bits per heavy atom. The molecular weight excluding hydrogens is 308 g/mol. The van der Waals surface area contributed by atoms with Gasteiger partial charge in [-0.05, 0) is 37.0 Å². The Labute approximate surface area is 121 Å². The lowest BCUT2D eigenvalue weighted by Crippen LogP contribution is -2.38. The Balaban J connectivity index is 1.78. The number of amides is 1. The molecule has 1 amide bonds. The highest BCUT2D eigenvalue weighted by atomic mass is 79.9. The highest BCUT2D eigenvalue weighted by Crippen LogP contribution is 2.33. The molecule has 1 saturated heterocycles. The molecule has 1 fully saturated rings. The van der Waals surface area contributed by atoms with Crippen LogP contribution in [0.3, 0.4) is 0 Å². The van der Waals surface area contributed by atoms with Crippen LogP contribution in [0.25, 0.3) is 0 Å². The minimum Gasteiger partial charge on any atom is -0.364 e. The average molecular weight is 325 g/mol. The minimum atomic E-state index is -0.321. The van der Waals surface area contributed by atoms with Crippen molar-refractivity contribution in [1.82, 2.24) is 0 Å². The van der Waals surface area contributed by atoms with Gasteiger partial charge < -0.3 is 15.4 Å². The molecule has 102 valence electrons. The molecule has 2 aliphatic rings. The van der Waals surface area contributed by atoms with Crippen molar-refractivity contribution >= 4 is 27.5 Å². The summed E-state index contributed by atoms with van der Waals surface area (Å²) in [4.78, 5) is 14.4. The van der Waals surface area contributed by atoms with Crippen molar-refractivity contribution in [3.63, 3.8) is 0 Å². The van der Waals surface area contributed by atoms with Gasteiger partial charge in [-0.1, -0.05) is 22.0 Å². The Morgan fingerprint density at radius 2 is 2.32 bits per heavy atom. The summed E-state index contributed by atoms with van der Waals surface area (Å²) in [5.74, 6) is 0.0767. The number of rotatable bonds is 2. The first-order chi connectivity index (χ1) is 9.19. The molecule has 5 heteroatoms. The molecule has 0 aliphatic carbocycles. The lowest BCUT2D eigenvalue weighted by Gasteiger charge is -2.21. The van der Waals surface area contributed by atoms with Crippen molar-refractivity contribution in [3.05, 3.63) is 28.2 Å². The van der Waals surface area contributed by atoms with E-state index in [-0.39, 0.29) is 18.1 Å². The third kappa shape index (κ3) is 2.42. The second-order valence-corrected chi connectivity index (χ2v) is 5.99. The highest BCUT2D eigenvalue weighted by molar-refractivity contribution is 9.10. The molecule has 0 saturated carbocycles. The third-order valence-electron chi connectivity index (χ3n) is 3.85. The van der Waals surface area contributed by atoms with Gasteiger partial charge in [0, 0.05) is 23.2 Å². The van der Waals surface area contributed by atoms with E-state index < -0.39 is 0 Å². The molecule has 2 atom stereocenters. The van der Waals surface area contributed by atoms with Crippen LogP contribution >= 0.6 is 15.9 Å². The van der Waals surface area contributed by atoms with Crippen LogP contribution in [0.1, 0.15) is 18.4 Å². The van der Waals surface area contributed by atoms with E-state index in [4.69, 9.17) is 10.5 Å². The lowest BCUT2D eigenvalue weighted by molar-refractivity contribution is -0.129. The van der Waals surface area contributed by atoms with Gasteiger partial charge in [-0.15, -0.1) is 0 Å². The molecule has 1 aromatic carbocycles. The first kappa shape index (κ1) is 13.1. The maximum atomic E-state index is 12.5. The maximum absolute atomic E-state index is 12.5. The minimum absolute atomic E-state index is 0.0403. The zero-order chi connectivity index (χ0) is 13.4. The van der Waals surface area contributed by atoms with Crippen LogP contribution < -0.4 is 10.6 Å². The monoisotopic (exact) mass is 324 g/mol. The molecular formula is C14H17BrN2O2. The summed E-state index contributed by atoms with van der Waals surface area (Å²) in [7, 11) is 0. The van der Waals surface area contributed by atoms with Crippen LogP contribution in [0, 0.1) is 0 Å². The van der Waals surface area contributed by atoms with Crippen LogP contribution in [-0.2, 0) is 16.0 Å². The van der Waals surface area contributed by atoms with Crippen molar-refractivity contribution in [2.75, 3.05) is 18.0 Å². The summed E-state index contributed by atoms with van der Waals surface area (Å²) >= 11 is 3.46. The van der Waals surface area contributed by atoms with Gasteiger partial charge in [-0.3, -0.25) is 4.79 Å². The lowest BCUT2D eigenvalue weighted by atomic mass is 10.1. The number of halogens is 1. The molecule has 0 spiro atoms. The van der Waals surface area contributed by atoms with Crippen molar-refractivity contribution in [3.8, 4) is 0 Å². The van der Waals surface area contributed by atoms with Gasteiger partial charge in [0.05, 0.1) is 6.10 Å². The van der Waals surface area contributed by atoms with Crippen molar-refractivity contribution in [1.29, 1.82) is 0 Å². The summed E-state index contributed by atoms with van der Waals surface area (Å²) < 4.78 is 6.70. The number of nitrogens with zero attached hydrogens (tertiary/aromatic N) is 1. The van der Waals surface area contributed by atoms with E-state index in [0.717, 1.165) is 36.0 Å². The van der Waals surface area contributed by atoms with Gasteiger partial charge in [0.15, 0.2) is 0 Å². The first-order valence-corrected chi connectivity index (χ1v) is 7.43. The molecule has 19 heavy (non-hydrogen) atoms. The number of nitrogens with two attached hydrogens (primary N) is 1.